The number of fused-ring (bicyclic) bond motifs is 2. The van der Waals surface area contributed by atoms with E-state index in [0.717, 1.165) is 6.42 Å². The smallest absolute Gasteiger partial charge is 0.199 e. The van der Waals surface area contributed by atoms with Crippen LogP contribution in [0.15, 0.2) is 71.9 Å². The summed E-state index contributed by atoms with van der Waals surface area (Å²) in [4.78, 5) is 2.17. The van der Waals surface area contributed by atoms with E-state index in [-0.39, 0.29) is 13.3 Å². The highest BCUT2D eigenvalue weighted by Crippen LogP contribution is 2.44. The first-order chi connectivity index (χ1) is 15.2. The average molecular weight is 450 g/mol. The van der Waals surface area contributed by atoms with Crippen molar-refractivity contribution in [2.24, 2.45) is 5.92 Å². The Morgan fingerprint density at radius 2 is 1.76 bits per heavy atom. The molecule has 33 heavy (non-hydrogen) atoms. The molecule has 0 bridgehead atoms. The molecule has 2 aliphatic carbocycles. The molecule has 2 aliphatic rings. The molecule has 0 radical (unpaired) electrons. The second kappa shape index (κ2) is 14.5. The zero-order chi connectivity index (χ0) is 24.4. The Kier molecular flexibility index (Phi) is 13.4. The second-order valence-electron chi connectivity index (χ2n) is 8.62. The van der Waals surface area contributed by atoms with Gasteiger partial charge >= 0.3 is 0 Å². The lowest BCUT2D eigenvalue weighted by Crippen LogP contribution is -2.19. The number of hydrogen-bond acceptors (Lipinski definition) is 1. The van der Waals surface area contributed by atoms with Crippen LogP contribution in [0.4, 0.5) is 5.69 Å². The van der Waals surface area contributed by atoms with Gasteiger partial charge in [0.25, 0.3) is 0 Å². The Morgan fingerprint density at radius 3 is 2.24 bits per heavy atom. The van der Waals surface area contributed by atoms with Gasteiger partial charge in [-0.05, 0) is 66.3 Å². The second-order valence-corrected chi connectivity index (χ2v) is 8.62. The quantitative estimate of drug-likeness (QED) is 0.332. The van der Waals surface area contributed by atoms with Crippen molar-refractivity contribution in [3.63, 3.8) is 0 Å². The molecule has 1 aromatic carbocycles. The lowest BCUT2D eigenvalue weighted by Gasteiger charge is -2.31. The molecule has 1 aromatic rings. The maximum Gasteiger partial charge on any atom is 0.199 e. The third kappa shape index (κ3) is 7.45. The minimum atomic E-state index is 0. The minimum Gasteiger partial charge on any atom is -0.378 e. The van der Waals surface area contributed by atoms with E-state index in [1.54, 1.807) is 0 Å². The SMILES string of the molecule is C.C=C(C)C(/C=C\C)C1=C2C=CC(=[N+](C)C)C=C2Cc2cc(N(C)C)ccc21.CC.CCC. The lowest BCUT2D eigenvalue weighted by atomic mass is 9.73. The van der Waals surface area contributed by atoms with Crippen molar-refractivity contribution in [3.8, 4) is 0 Å². The van der Waals surface area contributed by atoms with Crippen molar-refractivity contribution in [2.75, 3.05) is 33.1 Å². The van der Waals surface area contributed by atoms with Crippen molar-refractivity contribution in [1.29, 1.82) is 0 Å². The van der Waals surface area contributed by atoms with Gasteiger partial charge in [-0.3, -0.25) is 0 Å². The molecule has 182 valence electrons. The van der Waals surface area contributed by atoms with Crippen LogP contribution in [-0.2, 0) is 6.42 Å². The summed E-state index contributed by atoms with van der Waals surface area (Å²) in [5.41, 5.74) is 10.6. The predicted molar refractivity (Wildman–Crippen MR) is 153 cm³/mol. The molecular weight excluding hydrogens is 400 g/mol. The minimum absolute atomic E-state index is 0. The Labute approximate surface area is 205 Å². The molecule has 0 aliphatic heterocycles. The van der Waals surface area contributed by atoms with E-state index < -0.39 is 0 Å². The van der Waals surface area contributed by atoms with Crippen LogP contribution < -0.4 is 4.90 Å². The molecule has 2 heteroatoms. The molecule has 0 amide bonds. The Morgan fingerprint density at radius 1 is 1.15 bits per heavy atom. The summed E-state index contributed by atoms with van der Waals surface area (Å²) >= 11 is 0. The molecule has 1 atom stereocenters. The molecule has 2 nitrogen and oxygen atoms in total. The van der Waals surface area contributed by atoms with E-state index in [1.165, 1.54) is 51.2 Å². The predicted octanol–water partition coefficient (Wildman–Crippen LogP) is 8.12. The van der Waals surface area contributed by atoms with Crippen LogP contribution in [0.5, 0.6) is 0 Å². The number of benzene rings is 1. The first-order valence-corrected chi connectivity index (χ1v) is 12.0. The van der Waals surface area contributed by atoms with E-state index in [4.69, 9.17) is 0 Å². The van der Waals surface area contributed by atoms with Crippen molar-refractivity contribution < 1.29 is 4.58 Å². The first-order valence-electron chi connectivity index (χ1n) is 12.0. The molecule has 0 saturated carbocycles. The highest BCUT2D eigenvalue weighted by molar-refractivity contribution is 6.05. The maximum atomic E-state index is 4.30. The fourth-order valence-corrected chi connectivity index (χ4v) is 3.92. The number of anilines is 1. The molecule has 0 saturated heterocycles. The number of allylic oxidation sites excluding steroid dienone is 9. The van der Waals surface area contributed by atoms with Gasteiger partial charge in [0.2, 0.25) is 0 Å². The zero-order valence-corrected chi connectivity index (χ0v) is 22.2. The summed E-state index contributed by atoms with van der Waals surface area (Å²) in [7, 11) is 8.40. The van der Waals surface area contributed by atoms with Crippen LogP contribution in [0.1, 0.15) is 66.5 Å². The zero-order valence-electron chi connectivity index (χ0n) is 22.2. The third-order valence-electron chi connectivity index (χ3n) is 5.40. The van der Waals surface area contributed by atoms with E-state index in [1.807, 2.05) is 13.8 Å². The molecule has 0 heterocycles. The maximum absolute atomic E-state index is 4.30. The van der Waals surface area contributed by atoms with Gasteiger partial charge in [-0.25, -0.2) is 4.58 Å². The largest absolute Gasteiger partial charge is 0.378 e. The van der Waals surface area contributed by atoms with E-state index in [2.05, 4.69) is 121 Å². The van der Waals surface area contributed by atoms with Gasteiger partial charge < -0.3 is 4.90 Å². The number of nitrogens with zero attached hydrogens (tertiary/aromatic N) is 2. The Bertz CT molecular complexity index is 945. The van der Waals surface area contributed by atoms with E-state index in [9.17, 15) is 0 Å². The summed E-state index contributed by atoms with van der Waals surface area (Å²) in [6, 6.07) is 6.86. The van der Waals surface area contributed by atoms with Crippen LogP contribution in [0.25, 0.3) is 5.57 Å². The van der Waals surface area contributed by atoms with Crippen LogP contribution in [-0.4, -0.2) is 38.5 Å². The fourth-order valence-electron chi connectivity index (χ4n) is 3.92. The number of hydrogen-bond donors (Lipinski definition) is 0. The first kappa shape index (κ1) is 30.4. The fraction of sp³-hybridized carbons (Fsp3) is 0.452. The topological polar surface area (TPSA) is 6.25 Å². The highest BCUT2D eigenvalue weighted by atomic mass is 15.1. The summed E-state index contributed by atoms with van der Waals surface area (Å²) in [6.45, 7) is 16.8. The van der Waals surface area contributed by atoms with Crippen molar-refractivity contribution in [2.45, 2.75) is 61.8 Å². The van der Waals surface area contributed by atoms with Crippen molar-refractivity contribution in [1.82, 2.24) is 0 Å². The van der Waals surface area contributed by atoms with E-state index >= 15 is 0 Å². The van der Waals surface area contributed by atoms with E-state index in [0.29, 0.717) is 0 Å². The molecule has 0 fully saturated rings. The van der Waals surface area contributed by atoms with Crippen LogP contribution in [0.3, 0.4) is 0 Å². The summed E-state index contributed by atoms with van der Waals surface area (Å²) < 4.78 is 2.17. The summed E-state index contributed by atoms with van der Waals surface area (Å²) in [5.74, 6) is 0.225. The van der Waals surface area contributed by atoms with Crippen LogP contribution in [0, 0.1) is 5.92 Å². The van der Waals surface area contributed by atoms with Crippen LogP contribution in [0.2, 0.25) is 0 Å². The van der Waals surface area contributed by atoms with Crippen LogP contribution >= 0.6 is 0 Å². The Balaban J connectivity index is 0.00000158. The standard InChI is InChI=1S/C25H31N2.C3H8.C2H6.CH4/c1-8-9-22(17(2)3)25-23-12-10-20(26(4)5)15-18(23)14-19-16-21(27(6)7)11-13-24(19)25;1-3-2;1-2;/h8-13,15-16,22H,2,14H2,1,3-7H3;3H2,1-2H3;1-2H3;1H4/q+1;;;/b9-8-;;;. The molecular formula is C31H49N2+. The third-order valence-corrected chi connectivity index (χ3v) is 5.40. The van der Waals surface area contributed by atoms with Gasteiger partial charge in [-0.15, -0.1) is 0 Å². The molecule has 0 N–H and O–H groups in total. The summed E-state index contributed by atoms with van der Waals surface area (Å²) in [6.07, 6.45) is 13.5. The normalized spacial score (nSPS) is 14.5. The van der Waals surface area contributed by atoms with Gasteiger partial charge in [0, 0.05) is 37.9 Å². The average Bonchev–Trinajstić information content (AvgIpc) is 2.77. The highest BCUT2D eigenvalue weighted by Gasteiger charge is 2.29. The van der Waals surface area contributed by atoms with Gasteiger partial charge in [-0.1, -0.05) is 71.9 Å². The van der Waals surface area contributed by atoms with Gasteiger partial charge in [-0.2, -0.15) is 0 Å². The monoisotopic (exact) mass is 449 g/mol. The lowest BCUT2D eigenvalue weighted by molar-refractivity contribution is -0.462. The van der Waals surface area contributed by atoms with Gasteiger partial charge in [0.15, 0.2) is 5.71 Å². The van der Waals surface area contributed by atoms with Crippen molar-refractivity contribution in [3.05, 3.63) is 83.0 Å². The Hall–Kier alpha value is -2.61. The molecule has 0 aromatic heterocycles. The molecule has 1 unspecified atom stereocenters. The molecule has 0 spiro atoms. The van der Waals surface area contributed by atoms with Gasteiger partial charge in [0.05, 0.1) is 0 Å². The molecule has 3 rings (SSSR count). The van der Waals surface area contributed by atoms with Crippen molar-refractivity contribution >= 4 is 17.0 Å². The number of rotatable bonds is 4. The van der Waals surface area contributed by atoms with Gasteiger partial charge in [0.1, 0.15) is 14.1 Å². The summed E-state index contributed by atoms with van der Waals surface area (Å²) in [5, 5.41) is 0.